The van der Waals surface area contributed by atoms with Gasteiger partial charge < -0.3 is 5.32 Å². The van der Waals surface area contributed by atoms with Gasteiger partial charge in [-0.2, -0.15) is 10.5 Å². The van der Waals surface area contributed by atoms with Gasteiger partial charge >= 0.3 is 0 Å². The van der Waals surface area contributed by atoms with E-state index in [4.69, 9.17) is 40.1 Å². The van der Waals surface area contributed by atoms with Crippen molar-refractivity contribution in [1.82, 2.24) is 0 Å². The van der Waals surface area contributed by atoms with Gasteiger partial charge in [-0.05, 0) is 12.5 Å². The Kier molecular flexibility index (Phi) is 5.16. The monoisotopic (exact) mass is 349 g/mol. The first-order valence-electron chi connectivity index (χ1n) is 6.33. The Labute approximate surface area is 143 Å². The van der Waals surface area contributed by atoms with E-state index >= 15 is 0 Å². The molecule has 0 bridgehead atoms. The molecule has 1 atom stereocenters. The van der Waals surface area contributed by atoms with E-state index in [-0.39, 0.29) is 32.2 Å². The number of anilines is 1. The van der Waals surface area contributed by atoms with Crippen LogP contribution < -0.4 is 5.32 Å². The molecular weight excluding hydrogens is 341 g/mol. The van der Waals surface area contributed by atoms with E-state index < -0.39 is 0 Å². The molecule has 110 valence electrons. The zero-order valence-corrected chi connectivity index (χ0v) is 13.8. The normalized spacial score (nSPS) is 11.4. The molecule has 0 heterocycles. The first kappa shape index (κ1) is 16.5. The van der Waals surface area contributed by atoms with Crippen LogP contribution >= 0.6 is 34.8 Å². The van der Waals surface area contributed by atoms with Crippen LogP contribution in [0.5, 0.6) is 0 Å². The van der Waals surface area contributed by atoms with E-state index in [2.05, 4.69) is 5.32 Å². The van der Waals surface area contributed by atoms with Crippen molar-refractivity contribution in [3.8, 4) is 12.1 Å². The summed E-state index contributed by atoms with van der Waals surface area (Å²) in [5.74, 6) is 0. The molecule has 0 aromatic heterocycles. The molecule has 0 amide bonds. The van der Waals surface area contributed by atoms with E-state index in [0.717, 1.165) is 5.56 Å². The summed E-state index contributed by atoms with van der Waals surface area (Å²) in [5.41, 5.74) is 1.45. The molecule has 0 radical (unpaired) electrons. The van der Waals surface area contributed by atoms with Crippen molar-refractivity contribution in [2.75, 3.05) is 5.32 Å². The maximum Gasteiger partial charge on any atom is 0.103 e. The van der Waals surface area contributed by atoms with Crippen LogP contribution in [-0.4, -0.2) is 0 Å². The average Bonchev–Trinajstić information content (AvgIpc) is 2.54. The number of halogens is 3. The van der Waals surface area contributed by atoms with Gasteiger partial charge in [0.15, 0.2) is 0 Å². The van der Waals surface area contributed by atoms with Gasteiger partial charge in [0.2, 0.25) is 0 Å². The first-order chi connectivity index (χ1) is 10.5. The Hall–Kier alpha value is -1.91. The highest BCUT2D eigenvalue weighted by Gasteiger charge is 2.22. The predicted octanol–water partition coefficient (Wildman–Crippen LogP) is 5.56. The maximum atomic E-state index is 9.33. The minimum atomic E-state index is -0.120. The van der Waals surface area contributed by atoms with Gasteiger partial charge in [0.25, 0.3) is 0 Å². The second-order valence-electron chi connectivity index (χ2n) is 4.57. The lowest BCUT2D eigenvalue weighted by atomic mass is 10.1. The van der Waals surface area contributed by atoms with Gasteiger partial charge in [0.1, 0.15) is 12.1 Å². The minimum absolute atomic E-state index is 0.00200. The van der Waals surface area contributed by atoms with Crippen LogP contribution in [0.15, 0.2) is 30.3 Å². The van der Waals surface area contributed by atoms with Crippen molar-refractivity contribution < 1.29 is 0 Å². The summed E-state index contributed by atoms with van der Waals surface area (Å²) in [5, 5.41) is 21.7. The van der Waals surface area contributed by atoms with Crippen LogP contribution in [0.4, 0.5) is 5.69 Å². The molecular formula is C16H10Cl3N3. The predicted molar refractivity (Wildman–Crippen MR) is 89.4 cm³/mol. The number of nitriles is 2. The number of rotatable bonds is 3. The molecule has 0 aliphatic rings. The van der Waals surface area contributed by atoms with Gasteiger partial charge in [-0.3, -0.25) is 0 Å². The van der Waals surface area contributed by atoms with Crippen LogP contribution in [0.3, 0.4) is 0 Å². The average molecular weight is 351 g/mol. The largest absolute Gasteiger partial charge is 0.376 e. The molecule has 0 unspecified atom stereocenters. The third-order valence-corrected chi connectivity index (χ3v) is 4.44. The molecule has 0 spiro atoms. The summed E-state index contributed by atoms with van der Waals surface area (Å²) in [4.78, 5) is 0. The second-order valence-corrected chi connectivity index (χ2v) is 5.70. The molecule has 6 heteroatoms. The van der Waals surface area contributed by atoms with Crippen LogP contribution in [0.1, 0.15) is 29.7 Å². The number of hydrogen-bond donors (Lipinski definition) is 1. The number of hydrogen-bond acceptors (Lipinski definition) is 3. The fourth-order valence-corrected chi connectivity index (χ4v) is 2.84. The highest BCUT2D eigenvalue weighted by molar-refractivity contribution is 6.46. The highest BCUT2D eigenvalue weighted by atomic mass is 35.5. The van der Waals surface area contributed by atoms with Crippen molar-refractivity contribution in [3.63, 3.8) is 0 Å². The molecule has 22 heavy (non-hydrogen) atoms. The molecule has 2 aromatic carbocycles. The lowest BCUT2D eigenvalue weighted by Crippen LogP contribution is -2.09. The van der Waals surface area contributed by atoms with Gasteiger partial charge in [0, 0.05) is 6.04 Å². The van der Waals surface area contributed by atoms with Crippen molar-refractivity contribution in [2.24, 2.45) is 0 Å². The summed E-state index contributed by atoms with van der Waals surface area (Å²) in [6.45, 7) is 1.92. The van der Waals surface area contributed by atoms with E-state index in [1.54, 1.807) is 0 Å². The fourth-order valence-electron chi connectivity index (χ4n) is 2.04. The number of nitrogens with one attached hydrogen (secondary N) is 1. The number of benzene rings is 2. The Balaban J connectivity index is 2.53. The zero-order valence-electron chi connectivity index (χ0n) is 11.5. The summed E-state index contributed by atoms with van der Waals surface area (Å²) in [6, 6.07) is 13.4. The van der Waals surface area contributed by atoms with Crippen molar-refractivity contribution in [1.29, 1.82) is 10.5 Å². The topological polar surface area (TPSA) is 59.6 Å². The van der Waals surface area contributed by atoms with Crippen molar-refractivity contribution in [2.45, 2.75) is 13.0 Å². The molecule has 1 N–H and O–H groups in total. The van der Waals surface area contributed by atoms with Crippen LogP contribution in [0.25, 0.3) is 0 Å². The molecule has 0 fully saturated rings. The van der Waals surface area contributed by atoms with Crippen LogP contribution in [0.2, 0.25) is 15.1 Å². The summed E-state index contributed by atoms with van der Waals surface area (Å²) in [7, 11) is 0. The van der Waals surface area contributed by atoms with Gasteiger partial charge in [0.05, 0.1) is 31.9 Å². The molecule has 0 saturated heterocycles. The zero-order chi connectivity index (χ0) is 16.3. The summed E-state index contributed by atoms with van der Waals surface area (Å²) < 4.78 is 0. The van der Waals surface area contributed by atoms with Crippen molar-refractivity contribution >= 4 is 40.5 Å². The third-order valence-electron chi connectivity index (χ3n) is 3.20. The molecule has 2 aromatic rings. The third kappa shape index (κ3) is 2.98. The summed E-state index contributed by atoms with van der Waals surface area (Å²) in [6.07, 6.45) is 0. The Morgan fingerprint density at radius 3 is 2.05 bits per heavy atom. The minimum Gasteiger partial charge on any atom is -0.376 e. The molecule has 0 aliphatic carbocycles. The van der Waals surface area contributed by atoms with E-state index in [1.165, 1.54) is 0 Å². The van der Waals surface area contributed by atoms with E-state index in [0.29, 0.717) is 5.69 Å². The summed E-state index contributed by atoms with van der Waals surface area (Å²) >= 11 is 18.4. The molecule has 3 nitrogen and oxygen atoms in total. The number of nitrogens with zero attached hydrogens (tertiary/aromatic N) is 2. The maximum absolute atomic E-state index is 9.33. The van der Waals surface area contributed by atoms with Crippen LogP contribution in [0, 0.1) is 22.7 Å². The quantitative estimate of drug-likeness (QED) is 0.737. The Morgan fingerprint density at radius 1 is 0.909 bits per heavy atom. The van der Waals surface area contributed by atoms with Gasteiger partial charge in [-0.15, -0.1) is 0 Å². The van der Waals surface area contributed by atoms with E-state index in [1.807, 2.05) is 49.4 Å². The van der Waals surface area contributed by atoms with Crippen molar-refractivity contribution in [3.05, 3.63) is 62.1 Å². The molecule has 0 saturated carbocycles. The van der Waals surface area contributed by atoms with Crippen LogP contribution in [-0.2, 0) is 0 Å². The highest BCUT2D eigenvalue weighted by Crippen LogP contribution is 2.42. The standard InChI is InChI=1S/C16H10Cl3N3/c1-9(10-5-3-2-4-6-10)22-16-12(8-21)13(17)11(7-20)14(18)15(16)19/h2-6,9,22H,1H3/t9-/m1/s1. The smallest absolute Gasteiger partial charge is 0.103 e. The SMILES string of the molecule is C[C@@H](Nc1c(Cl)c(Cl)c(C#N)c(Cl)c1C#N)c1ccccc1. The lowest BCUT2D eigenvalue weighted by molar-refractivity contribution is 0.884. The van der Waals surface area contributed by atoms with Gasteiger partial charge in [-0.25, -0.2) is 0 Å². The molecule has 2 rings (SSSR count). The molecule has 0 aliphatic heterocycles. The van der Waals surface area contributed by atoms with Gasteiger partial charge in [-0.1, -0.05) is 65.1 Å². The first-order valence-corrected chi connectivity index (χ1v) is 7.46. The fraction of sp³-hybridized carbons (Fsp3) is 0.125. The lowest BCUT2D eigenvalue weighted by Gasteiger charge is -2.19. The van der Waals surface area contributed by atoms with E-state index in [9.17, 15) is 5.26 Å². The second kappa shape index (κ2) is 6.90. The Morgan fingerprint density at radius 2 is 1.50 bits per heavy atom. The Bertz CT molecular complexity index is 789.